The van der Waals surface area contributed by atoms with Crippen LogP contribution in [0.25, 0.3) is 0 Å². The van der Waals surface area contributed by atoms with Crippen molar-refractivity contribution in [1.29, 1.82) is 0 Å². The Hall–Kier alpha value is -3.22. The molecule has 2 aromatic carbocycles. The molecule has 0 saturated heterocycles. The largest absolute Gasteiger partial charge is 0.508 e. The molecule has 118 valence electrons. The molecule has 1 unspecified atom stereocenters. The number of fused-ring (bicyclic) bond motifs is 1. The molecule has 0 amide bonds. The number of carbonyl (C=O) groups is 2. The minimum atomic E-state index is -0.921. The van der Waals surface area contributed by atoms with E-state index < -0.39 is 17.6 Å². The van der Waals surface area contributed by atoms with Crippen molar-refractivity contribution in [3.8, 4) is 28.7 Å². The van der Waals surface area contributed by atoms with Gasteiger partial charge in [0.1, 0.15) is 40.4 Å². The Kier molecular flexibility index (Phi) is 3.33. The third-order valence-corrected chi connectivity index (χ3v) is 3.63. The number of aldehydes is 1. The Morgan fingerprint density at radius 2 is 1.74 bits per heavy atom. The van der Waals surface area contributed by atoms with Crippen LogP contribution in [0.15, 0.2) is 24.3 Å². The quantitative estimate of drug-likeness (QED) is 0.625. The summed E-state index contributed by atoms with van der Waals surface area (Å²) in [5, 5.41) is 38.7. The summed E-state index contributed by atoms with van der Waals surface area (Å²) in [4.78, 5) is 23.1. The molecule has 3 rings (SSSR count). The Balaban J connectivity index is 2.07. The topological polar surface area (TPSA) is 124 Å². The Morgan fingerprint density at radius 1 is 1.00 bits per heavy atom. The Morgan fingerprint density at radius 3 is 2.43 bits per heavy atom. The van der Waals surface area contributed by atoms with Crippen LogP contribution < -0.4 is 4.74 Å². The Labute approximate surface area is 130 Å². The van der Waals surface area contributed by atoms with E-state index in [4.69, 9.17) is 4.74 Å². The van der Waals surface area contributed by atoms with Gasteiger partial charge >= 0.3 is 0 Å². The molecule has 23 heavy (non-hydrogen) atoms. The van der Waals surface area contributed by atoms with Crippen LogP contribution in [0.1, 0.15) is 38.8 Å². The third-order valence-electron chi connectivity index (χ3n) is 3.63. The summed E-state index contributed by atoms with van der Waals surface area (Å²) in [6, 6.07) is 4.42. The predicted octanol–water partition coefficient (Wildman–Crippen LogP) is 2.03. The van der Waals surface area contributed by atoms with E-state index in [0.717, 1.165) is 12.1 Å². The lowest BCUT2D eigenvalue weighted by Crippen LogP contribution is -2.20. The zero-order chi connectivity index (χ0) is 16.7. The van der Waals surface area contributed by atoms with Crippen molar-refractivity contribution in [2.24, 2.45) is 0 Å². The summed E-state index contributed by atoms with van der Waals surface area (Å²) in [5.41, 5.74) is 0.0399. The number of aromatic hydroxyl groups is 4. The van der Waals surface area contributed by atoms with Crippen molar-refractivity contribution < 1.29 is 34.8 Å². The maximum absolute atomic E-state index is 12.2. The van der Waals surface area contributed by atoms with Crippen molar-refractivity contribution in [1.82, 2.24) is 0 Å². The van der Waals surface area contributed by atoms with Gasteiger partial charge in [0.25, 0.3) is 0 Å². The first kappa shape index (κ1) is 14.7. The summed E-state index contributed by atoms with van der Waals surface area (Å²) in [6.45, 7) is 0. The number of Topliss-reactive ketones (excluding diaryl/α,β-unsaturated/α-hetero) is 1. The smallest absolute Gasteiger partial charge is 0.174 e. The molecule has 1 heterocycles. The number of ether oxygens (including phenoxy) is 1. The van der Waals surface area contributed by atoms with Gasteiger partial charge in [0.05, 0.1) is 12.0 Å². The fourth-order valence-electron chi connectivity index (χ4n) is 2.56. The first-order valence-corrected chi connectivity index (χ1v) is 6.67. The van der Waals surface area contributed by atoms with Crippen molar-refractivity contribution in [2.75, 3.05) is 0 Å². The highest BCUT2D eigenvalue weighted by Gasteiger charge is 2.32. The fourth-order valence-corrected chi connectivity index (χ4v) is 2.56. The number of hydrogen-bond acceptors (Lipinski definition) is 7. The second-order valence-corrected chi connectivity index (χ2v) is 5.16. The van der Waals surface area contributed by atoms with E-state index in [-0.39, 0.29) is 46.1 Å². The van der Waals surface area contributed by atoms with E-state index >= 15 is 0 Å². The van der Waals surface area contributed by atoms with E-state index in [1.807, 2.05) is 0 Å². The van der Waals surface area contributed by atoms with Crippen molar-refractivity contribution in [3.05, 3.63) is 41.0 Å². The lowest BCUT2D eigenvalue weighted by atomic mass is 9.94. The van der Waals surface area contributed by atoms with Gasteiger partial charge in [0.2, 0.25) is 0 Å². The maximum atomic E-state index is 12.2. The van der Waals surface area contributed by atoms with E-state index in [1.165, 1.54) is 12.1 Å². The number of phenols is 4. The molecule has 0 aliphatic carbocycles. The number of benzene rings is 2. The third kappa shape index (κ3) is 2.42. The number of phenolic OH excluding ortho intramolecular Hbond substituents is 4. The van der Waals surface area contributed by atoms with E-state index in [2.05, 4.69) is 0 Å². The zero-order valence-electron chi connectivity index (χ0n) is 11.7. The molecule has 0 aromatic heterocycles. The molecular formula is C16H12O7. The van der Waals surface area contributed by atoms with Gasteiger partial charge in [0.15, 0.2) is 12.1 Å². The summed E-state index contributed by atoms with van der Waals surface area (Å²) in [6.07, 6.45) is -0.688. The molecule has 0 bridgehead atoms. The van der Waals surface area contributed by atoms with Gasteiger partial charge in [-0.15, -0.1) is 0 Å². The summed E-state index contributed by atoms with van der Waals surface area (Å²) < 4.78 is 5.57. The molecule has 0 spiro atoms. The lowest BCUT2D eigenvalue weighted by molar-refractivity contribution is 0.0842. The second-order valence-electron chi connectivity index (χ2n) is 5.16. The number of ketones is 1. The number of hydrogen-bond donors (Lipinski definition) is 4. The average Bonchev–Trinajstić information content (AvgIpc) is 2.46. The molecule has 1 atom stereocenters. The molecule has 0 radical (unpaired) electrons. The zero-order valence-corrected chi connectivity index (χ0v) is 11.7. The Bertz CT molecular complexity index is 826. The second kappa shape index (κ2) is 5.20. The molecular weight excluding hydrogens is 304 g/mol. The summed E-state index contributed by atoms with van der Waals surface area (Å²) >= 11 is 0. The molecule has 4 N–H and O–H groups in total. The van der Waals surface area contributed by atoms with Gasteiger partial charge in [-0.3, -0.25) is 9.59 Å². The van der Waals surface area contributed by atoms with Gasteiger partial charge < -0.3 is 25.2 Å². The predicted molar refractivity (Wildman–Crippen MR) is 77.2 cm³/mol. The first-order chi connectivity index (χ1) is 10.9. The normalized spacial score (nSPS) is 16.5. The van der Waals surface area contributed by atoms with Crippen LogP contribution in [0.4, 0.5) is 0 Å². The summed E-state index contributed by atoms with van der Waals surface area (Å²) in [7, 11) is 0. The SMILES string of the molecule is O=Cc1cc(C2CC(=O)c3c(O)cc(O)cc3O2)c(O)cc1O. The highest BCUT2D eigenvalue weighted by molar-refractivity contribution is 6.02. The van der Waals surface area contributed by atoms with Crippen LogP contribution in [0.3, 0.4) is 0 Å². The van der Waals surface area contributed by atoms with Crippen LogP contribution in [-0.2, 0) is 0 Å². The summed E-state index contributed by atoms with van der Waals surface area (Å²) in [5.74, 6) is -1.86. The number of carbonyl (C=O) groups excluding carboxylic acids is 2. The fraction of sp³-hybridized carbons (Fsp3) is 0.125. The monoisotopic (exact) mass is 316 g/mol. The van der Waals surface area contributed by atoms with Crippen LogP contribution in [-0.4, -0.2) is 32.5 Å². The highest BCUT2D eigenvalue weighted by Crippen LogP contribution is 2.43. The molecule has 2 aromatic rings. The van der Waals surface area contributed by atoms with Gasteiger partial charge in [0, 0.05) is 23.8 Å². The first-order valence-electron chi connectivity index (χ1n) is 6.67. The van der Waals surface area contributed by atoms with Gasteiger partial charge in [-0.05, 0) is 6.07 Å². The lowest BCUT2D eigenvalue weighted by Gasteiger charge is -2.26. The van der Waals surface area contributed by atoms with Crippen LogP contribution in [0.5, 0.6) is 28.7 Å². The van der Waals surface area contributed by atoms with Crippen molar-refractivity contribution in [2.45, 2.75) is 12.5 Å². The highest BCUT2D eigenvalue weighted by atomic mass is 16.5. The van der Waals surface area contributed by atoms with Crippen LogP contribution >= 0.6 is 0 Å². The molecule has 7 nitrogen and oxygen atoms in total. The molecule has 0 saturated carbocycles. The van der Waals surface area contributed by atoms with Gasteiger partial charge in [-0.25, -0.2) is 0 Å². The van der Waals surface area contributed by atoms with Crippen molar-refractivity contribution >= 4 is 12.1 Å². The molecule has 1 aliphatic heterocycles. The minimum Gasteiger partial charge on any atom is -0.508 e. The standard InChI is InChI=1S/C16H12O7/c17-6-7-1-9(11(20)4-10(7)19)14-5-13(22)16-12(21)2-8(18)3-15(16)23-14/h1-4,6,14,18-21H,5H2. The van der Waals surface area contributed by atoms with Gasteiger partial charge in [-0.1, -0.05) is 0 Å². The minimum absolute atomic E-state index is 0.0242. The molecule has 1 aliphatic rings. The van der Waals surface area contributed by atoms with Crippen molar-refractivity contribution in [3.63, 3.8) is 0 Å². The van der Waals surface area contributed by atoms with Crippen LogP contribution in [0, 0.1) is 0 Å². The van der Waals surface area contributed by atoms with E-state index in [9.17, 15) is 30.0 Å². The number of rotatable bonds is 2. The average molecular weight is 316 g/mol. The van der Waals surface area contributed by atoms with E-state index in [1.54, 1.807) is 0 Å². The van der Waals surface area contributed by atoms with E-state index in [0.29, 0.717) is 6.29 Å². The maximum Gasteiger partial charge on any atom is 0.174 e. The molecule has 7 heteroatoms. The molecule has 0 fully saturated rings. The van der Waals surface area contributed by atoms with Gasteiger partial charge in [-0.2, -0.15) is 0 Å². The van der Waals surface area contributed by atoms with Crippen LogP contribution in [0.2, 0.25) is 0 Å².